The number of rotatable bonds is 0. The van der Waals surface area contributed by atoms with Crippen molar-refractivity contribution < 1.29 is 4.79 Å². The summed E-state index contributed by atoms with van der Waals surface area (Å²) in [5, 5.41) is 0. The first-order valence-corrected chi connectivity index (χ1v) is 6.46. The molecule has 1 rings (SSSR count). The van der Waals surface area contributed by atoms with E-state index in [1.165, 1.54) is 0 Å². The van der Waals surface area contributed by atoms with Crippen LogP contribution in [0.5, 0.6) is 0 Å². The van der Waals surface area contributed by atoms with Crippen molar-refractivity contribution in [1.29, 1.82) is 0 Å². The Balaban J connectivity index is 3.10. The Bertz CT molecular complexity index is 318. The highest BCUT2D eigenvalue weighted by Crippen LogP contribution is 2.26. The van der Waals surface area contributed by atoms with E-state index in [-0.39, 0.29) is 16.7 Å². The molecule has 0 bridgehead atoms. The quantitative estimate of drug-likeness (QED) is 0.650. The fraction of sp³-hybridized carbons (Fsp3) is 0.857. The minimum absolute atomic E-state index is 0.00903. The number of hydrogen-bond donors (Lipinski definition) is 0. The molecule has 0 aromatic carbocycles. The molecule has 0 atom stereocenters. The van der Waals surface area contributed by atoms with Gasteiger partial charge in [-0.25, -0.2) is 0 Å². The molecule has 0 spiro atoms. The molecule has 0 aliphatic carbocycles. The van der Waals surface area contributed by atoms with Gasteiger partial charge < -0.3 is 4.90 Å². The molecular weight excluding hydrogens is 212 g/mol. The van der Waals surface area contributed by atoms with E-state index < -0.39 is 0 Å². The molecule has 0 N–H and O–H groups in total. The largest absolute Gasteiger partial charge is 0.355 e. The third-order valence-corrected chi connectivity index (χ3v) is 2.98. The number of aliphatic imine (C=N–C) groups is 1. The van der Waals surface area contributed by atoms with Crippen LogP contribution in [0.3, 0.4) is 0 Å². The van der Waals surface area contributed by atoms with Gasteiger partial charge in [0.15, 0.2) is 5.78 Å². The summed E-state index contributed by atoms with van der Waals surface area (Å²) in [7, 11) is 0. The number of Topliss-reactive ketones (excluding diaryl/α,β-unsaturated/α-hetero) is 1. The molecule has 17 heavy (non-hydrogen) atoms. The molecule has 1 heterocycles. The average Bonchev–Trinajstić information content (AvgIpc) is 2.06. The van der Waals surface area contributed by atoms with Crippen LogP contribution in [0, 0.1) is 5.41 Å². The lowest BCUT2D eigenvalue weighted by Crippen LogP contribution is -2.51. The number of hydrogen-bond acceptors (Lipinski definition) is 3. The molecule has 1 aliphatic heterocycles. The van der Waals surface area contributed by atoms with Crippen LogP contribution >= 0.6 is 0 Å². The number of carbonyl (C=O) groups is 1. The first kappa shape index (κ1) is 14.2. The average molecular weight is 238 g/mol. The Morgan fingerprint density at radius 3 is 2.18 bits per heavy atom. The summed E-state index contributed by atoms with van der Waals surface area (Å²) in [6, 6.07) is 0. The summed E-state index contributed by atoms with van der Waals surface area (Å²) in [5.74, 6) is 1.33. The summed E-state index contributed by atoms with van der Waals surface area (Å²) < 4.78 is 0. The van der Waals surface area contributed by atoms with Crippen LogP contribution < -0.4 is 0 Å². The van der Waals surface area contributed by atoms with Gasteiger partial charge in [0, 0.05) is 23.9 Å². The van der Waals surface area contributed by atoms with E-state index in [0.717, 1.165) is 18.8 Å². The predicted molar refractivity (Wildman–Crippen MR) is 72.5 cm³/mol. The predicted octanol–water partition coefficient (Wildman–Crippen LogP) is 2.89. The molecule has 0 amide bonds. The SMILES string of the molecule is CC(C)(C)/C1=N/CC(=O)CCCN1C(C)(C)C. The maximum atomic E-state index is 11.5. The normalized spacial score (nSPS) is 22.8. The topological polar surface area (TPSA) is 32.7 Å². The maximum Gasteiger partial charge on any atom is 0.154 e. The molecule has 0 fully saturated rings. The molecule has 0 aromatic heterocycles. The van der Waals surface area contributed by atoms with E-state index in [0.29, 0.717) is 13.0 Å². The lowest BCUT2D eigenvalue weighted by atomic mass is 9.90. The minimum atomic E-state index is -0.00903. The Morgan fingerprint density at radius 2 is 1.71 bits per heavy atom. The number of ketones is 1. The van der Waals surface area contributed by atoms with Crippen LogP contribution in [0.25, 0.3) is 0 Å². The van der Waals surface area contributed by atoms with Crippen LogP contribution in [0.15, 0.2) is 4.99 Å². The number of amidine groups is 1. The summed E-state index contributed by atoms with van der Waals surface area (Å²) >= 11 is 0. The first-order valence-electron chi connectivity index (χ1n) is 6.46. The van der Waals surface area contributed by atoms with Crippen molar-refractivity contribution in [2.75, 3.05) is 13.1 Å². The Labute approximate surface area is 105 Å². The van der Waals surface area contributed by atoms with E-state index in [2.05, 4.69) is 51.4 Å². The van der Waals surface area contributed by atoms with Gasteiger partial charge in [-0.2, -0.15) is 0 Å². The molecule has 3 nitrogen and oxygen atoms in total. The molecule has 0 saturated carbocycles. The van der Waals surface area contributed by atoms with Crippen LogP contribution in [0.4, 0.5) is 0 Å². The third-order valence-electron chi connectivity index (χ3n) is 2.98. The lowest BCUT2D eigenvalue weighted by Gasteiger charge is -2.43. The monoisotopic (exact) mass is 238 g/mol. The smallest absolute Gasteiger partial charge is 0.154 e. The second-order valence-electron chi connectivity index (χ2n) is 6.85. The zero-order chi connectivity index (χ0) is 13.3. The molecule has 0 saturated heterocycles. The molecule has 0 aromatic rings. The summed E-state index contributed by atoms with van der Waals surface area (Å²) in [6.45, 7) is 14.4. The third kappa shape index (κ3) is 3.83. The van der Waals surface area contributed by atoms with E-state index in [1.807, 2.05) is 0 Å². The van der Waals surface area contributed by atoms with Crippen molar-refractivity contribution in [3.8, 4) is 0 Å². The van der Waals surface area contributed by atoms with Crippen molar-refractivity contribution in [2.45, 2.75) is 59.9 Å². The Kier molecular flexibility index (Phi) is 4.00. The zero-order valence-corrected chi connectivity index (χ0v) is 12.1. The zero-order valence-electron chi connectivity index (χ0n) is 12.1. The highest BCUT2D eigenvalue weighted by Gasteiger charge is 2.32. The Morgan fingerprint density at radius 1 is 1.12 bits per heavy atom. The second kappa shape index (κ2) is 4.79. The van der Waals surface area contributed by atoms with Crippen molar-refractivity contribution in [1.82, 2.24) is 4.90 Å². The molecule has 98 valence electrons. The van der Waals surface area contributed by atoms with Gasteiger partial charge in [0.2, 0.25) is 0 Å². The molecule has 3 heteroatoms. The number of carbonyl (C=O) groups excluding carboxylic acids is 1. The molecule has 0 unspecified atom stereocenters. The van der Waals surface area contributed by atoms with E-state index in [9.17, 15) is 4.79 Å². The fourth-order valence-corrected chi connectivity index (χ4v) is 2.16. The second-order valence-corrected chi connectivity index (χ2v) is 6.85. The standard InChI is InChI=1S/C14H26N2O/c1-13(2,3)12-15-10-11(17)8-7-9-16(12)14(4,5)6/h7-10H2,1-6H3/b15-12-. The van der Waals surface area contributed by atoms with Crippen molar-refractivity contribution in [2.24, 2.45) is 10.4 Å². The maximum absolute atomic E-state index is 11.5. The van der Waals surface area contributed by atoms with Gasteiger partial charge in [-0.15, -0.1) is 0 Å². The van der Waals surface area contributed by atoms with Crippen molar-refractivity contribution >= 4 is 11.6 Å². The number of nitrogens with zero attached hydrogens (tertiary/aromatic N) is 2. The summed E-state index contributed by atoms with van der Waals surface area (Å²) in [4.78, 5) is 18.5. The highest BCUT2D eigenvalue weighted by atomic mass is 16.1. The van der Waals surface area contributed by atoms with Crippen molar-refractivity contribution in [3.05, 3.63) is 0 Å². The van der Waals surface area contributed by atoms with Gasteiger partial charge in [-0.3, -0.25) is 9.79 Å². The van der Waals surface area contributed by atoms with Gasteiger partial charge in [-0.1, -0.05) is 20.8 Å². The minimum Gasteiger partial charge on any atom is -0.355 e. The summed E-state index contributed by atoms with van der Waals surface area (Å²) in [6.07, 6.45) is 1.60. The van der Waals surface area contributed by atoms with Crippen LogP contribution in [0.1, 0.15) is 54.4 Å². The van der Waals surface area contributed by atoms with E-state index in [1.54, 1.807) is 0 Å². The van der Waals surface area contributed by atoms with Crippen molar-refractivity contribution in [3.63, 3.8) is 0 Å². The van der Waals surface area contributed by atoms with Gasteiger partial charge in [0.1, 0.15) is 5.84 Å². The van der Waals surface area contributed by atoms with E-state index in [4.69, 9.17) is 0 Å². The van der Waals surface area contributed by atoms with Crippen LogP contribution in [-0.4, -0.2) is 35.1 Å². The van der Waals surface area contributed by atoms with Gasteiger partial charge in [0.25, 0.3) is 0 Å². The first-order chi connectivity index (χ1) is 7.62. The molecular formula is C14H26N2O. The van der Waals surface area contributed by atoms with Gasteiger partial charge >= 0.3 is 0 Å². The van der Waals surface area contributed by atoms with Crippen LogP contribution in [0.2, 0.25) is 0 Å². The lowest BCUT2D eigenvalue weighted by molar-refractivity contribution is -0.118. The Hall–Kier alpha value is -0.860. The molecule has 1 aliphatic rings. The summed E-state index contributed by atoms with van der Waals surface area (Å²) in [5.41, 5.74) is 0.0530. The van der Waals surface area contributed by atoms with Gasteiger partial charge in [-0.05, 0) is 27.2 Å². The fourth-order valence-electron chi connectivity index (χ4n) is 2.16. The van der Waals surface area contributed by atoms with E-state index >= 15 is 0 Å². The van der Waals surface area contributed by atoms with Gasteiger partial charge in [0.05, 0.1) is 6.54 Å². The molecule has 0 radical (unpaired) electrons. The van der Waals surface area contributed by atoms with Crippen LogP contribution in [-0.2, 0) is 4.79 Å². The highest BCUT2D eigenvalue weighted by molar-refractivity contribution is 5.91.